The average Bonchev–Trinajstić information content (AvgIpc) is 2.87. The van der Waals surface area contributed by atoms with Crippen LogP contribution in [-0.2, 0) is 9.59 Å². The van der Waals surface area contributed by atoms with Gasteiger partial charge < -0.3 is 10.2 Å². The molecule has 16 heavy (non-hydrogen) atoms. The molecule has 4 nitrogen and oxygen atoms in total. The lowest BCUT2D eigenvalue weighted by Crippen LogP contribution is -2.20. The molecule has 0 amide bonds. The smallest absolute Gasteiger partial charge is 0.331 e. The van der Waals surface area contributed by atoms with Gasteiger partial charge in [-0.3, -0.25) is 0 Å². The van der Waals surface area contributed by atoms with E-state index in [1.54, 1.807) is 6.08 Å². The maximum absolute atomic E-state index is 11.0. The first kappa shape index (κ1) is 9.63. The van der Waals surface area contributed by atoms with Crippen molar-refractivity contribution in [3.05, 3.63) is 23.3 Å². The van der Waals surface area contributed by atoms with Gasteiger partial charge in [0.25, 0.3) is 0 Å². The van der Waals surface area contributed by atoms with Gasteiger partial charge in [0, 0.05) is 11.1 Å². The van der Waals surface area contributed by atoms with Gasteiger partial charge in [0.05, 0.1) is 0 Å². The van der Waals surface area contributed by atoms with Crippen molar-refractivity contribution in [2.75, 3.05) is 0 Å². The molecular formula is C12H12O4. The van der Waals surface area contributed by atoms with E-state index in [1.807, 2.05) is 6.08 Å². The summed E-state index contributed by atoms with van der Waals surface area (Å²) in [6, 6.07) is 0. The first-order valence-electron chi connectivity index (χ1n) is 5.47. The standard InChI is InChI=1S/C12H12O4/c13-11(14)6-3-7-5-1-9(8(7)4-6)10(2-5)12(15)16/h2,4-5,7-9H,1,3H2,(H,13,14)(H,15,16). The molecule has 1 saturated carbocycles. The molecule has 0 aromatic rings. The fraction of sp³-hybridized carbons (Fsp3) is 0.500. The van der Waals surface area contributed by atoms with Crippen molar-refractivity contribution in [3.8, 4) is 0 Å². The highest BCUT2D eigenvalue weighted by Gasteiger charge is 2.51. The summed E-state index contributed by atoms with van der Waals surface area (Å²) in [6.45, 7) is 0. The zero-order valence-electron chi connectivity index (χ0n) is 8.59. The number of carbonyl (C=O) groups is 2. The Balaban J connectivity index is 1.92. The second-order valence-electron chi connectivity index (χ2n) is 4.88. The minimum absolute atomic E-state index is 0.0457. The Labute approximate surface area is 92.3 Å². The van der Waals surface area contributed by atoms with Gasteiger partial charge in [-0.2, -0.15) is 0 Å². The molecular weight excluding hydrogens is 208 g/mol. The number of carboxylic acids is 2. The van der Waals surface area contributed by atoms with Crippen LogP contribution in [0.2, 0.25) is 0 Å². The predicted octanol–water partition coefficient (Wildman–Crippen LogP) is 1.29. The third kappa shape index (κ3) is 1.10. The van der Waals surface area contributed by atoms with Crippen LogP contribution in [0.5, 0.6) is 0 Å². The zero-order valence-corrected chi connectivity index (χ0v) is 8.59. The first-order valence-corrected chi connectivity index (χ1v) is 5.47. The molecule has 0 heterocycles. The number of allylic oxidation sites excluding steroid dienone is 2. The molecule has 3 rings (SSSR count). The van der Waals surface area contributed by atoms with Crippen molar-refractivity contribution in [2.45, 2.75) is 12.8 Å². The SMILES string of the molecule is O=C(O)C1=CC2C3CC(C=C3C(=O)O)C2C1. The van der Waals surface area contributed by atoms with Crippen molar-refractivity contribution >= 4 is 11.9 Å². The fourth-order valence-corrected chi connectivity index (χ4v) is 3.56. The van der Waals surface area contributed by atoms with Gasteiger partial charge >= 0.3 is 11.9 Å². The van der Waals surface area contributed by atoms with E-state index in [2.05, 4.69) is 0 Å². The molecule has 2 bridgehead atoms. The van der Waals surface area contributed by atoms with Crippen LogP contribution in [0.4, 0.5) is 0 Å². The van der Waals surface area contributed by atoms with Crippen LogP contribution in [0, 0.1) is 23.7 Å². The number of hydrogen-bond acceptors (Lipinski definition) is 2. The summed E-state index contributed by atoms with van der Waals surface area (Å²) >= 11 is 0. The van der Waals surface area contributed by atoms with Crippen LogP contribution in [0.3, 0.4) is 0 Å². The van der Waals surface area contributed by atoms with Crippen LogP contribution in [0.25, 0.3) is 0 Å². The highest BCUT2D eigenvalue weighted by molar-refractivity contribution is 5.90. The number of carboxylic acid groups (broad SMARTS) is 2. The summed E-state index contributed by atoms with van der Waals surface area (Å²) in [6.07, 6.45) is 5.12. The van der Waals surface area contributed by atoms with E-state index in [0.29, 0.717) is 23.5 Å². The number of rotatable bonds is 2. The average molecular weight is 220 g/mol. The normalized spacial score (nSPS) is 39.2. The topological polar surface area (TPSA) is 74.6 Å². The minimum Gasteiger partial charge on any atom is -0.478 e. The summed E-state index contributed by atoms with van der Waals surface area (Å²) in [5, 5.41) is 18.0. The molecule has 0 aliphatic heterocycles. The van der Waals surface area contributed by atoms with Crippen LogP contribution < -0.4 is 0 Å². The summed E-state index contributed by atoms with van der Waals surface area (Å²) in [4.78, 5) is 21.9. The van der Waals surface area contributed by atoms with E-state index in [4.69, 9.17) is 10.2 Å². The lowest BCUT2D eigenvalue weighted by Gasteiger charge is -2.22. The molecule has 3 aliphatic carbocycles. The molecule has 3 aliphatic rings. The van der Waals surface area contributed by atoms with E-state index in [9.17, 15) is 9.59 Å². The minimum atomic E-state index is -0.856. The Morgan fingerprint density at radius 1 is 1.19 bits per heavy atom. The predicted molar refractivity (Wildman–Crippen MR) is 54.6 cm³/mol. The van der Waals surface area contributed by atoms with Gasteiger partial charge in [0.1, 0.15) is 0 Å². The van der Waals surface area contributed by atoms with Crippen LogP contribution in [-0.4, -0.2) is 22.2 Å². The third-order valence-corrected chi connectivity index (χ3v) is 4.20. The number of aliphatic carboxylic acids is 2. The molecule has 0 aromatic carbocycles. The summed E-state index contributed by atoms with van der Waals surface area (Å²) < 4.78 is 0. The van der Waals surface area contributed by atoms with Gasteiger partial charge in [-0.15, -0.1) is 0 Å². The van der Waals surface area contributed by atoms with Crippen molar-refractivity contribution in [1.29, 1.82) is 0 Å². The molecule has 0 spiro atoms. The van der Waals surface area contributed by atoms with E-state index in [-0.39, 0.29) is 17.8 Å². The molecule has 84 valence electrons. The highest BCUT2D eigenvalue weighted by Crippen LogP contribution is 2.57. The van der Waals surface area contributed by atoms with Gasteiger partial charge in [0.2, 0.25) is 0 Å². The quantitative estimate of drug-likeness (QED) is 0.735. The largest absolute Gasteiger partial charge is 0.478 e. The van der Waals surface area contributed by atoms with Gasteiger partial charge in [0.15, 0.2) is 0 Å². The Kier molecular flexibility index (Phi) is 1.79. The van der Waals surface area contributed by atoms with Crippen LogP contribution in [0.15, 0.2) is 23.3 Å². The summed E-state index contributed by atoms with van der Waals surface area (Å²) in [5.74, 6) is -0.904. The Morgan fingerprint density at radius 3 is 2.56 bits per heavy atom. The molecule has 4 unspecified atom stereocenters. The zero-order chi connectivity index (χ0) is 11.4. The monoisotopic (exact) mass is 220 g/mol. The van der Waals surface area contributed by atoms with E-state index < -0.39 is 11.9 Å². The summed E-state index contributed by atoms with van der Waals surface area (Å²) in [5.41, 5.74) is 0.957. The van der Waals surface area contributed by atoms with E-state index in [1.165, 1.54) is 0 Å². The van der Waals surface area contributed by atoms with Crippen molar-refractivity contribution in [1.82, 2.24) is 0 Å². The first-order chi connectivity index (χ1) is 7.58. The molecule has 0 saturated heterocycles. The van der Waals surface area contributed by atoms with Crippen molar-refractivity contribution in [2.24, 2.45) is 23.7 Å². The maximum atomic E-state index is 11.0. The second kappa shape index (κ2) is 2.97. The number of hydrogen-bond donors (Lipinski definition) is 2. The lowest BCUT2D eigenvalue weighted by atomic mass is 9.81. The lowest BCUT2D eigenvalue weighted by molar-refractivity contribution is -0.134. The number of fused-ring (bicyclic) bond motifs is 5. The highest BCUT2D eigenvalue weighted by atomic mass is 16.4. The third-order valence-electron chi connectivity index (χ3n) is 4.20. The van der Waals surface area contributed by atoms with Crippen LogP contribution >= 0.6 is 0 Å². The molecule has 1 fully saturated rings. The summed E-state index contributed by atoms with van der Waals surface area (Å²) in [7, 11) is 0. The Morgan fingerprint density at radius 2 is 1.94 bits per heavy atom. The molecule has 0 radical (unpaired) electrons. The molecule has 4 heteroatoms. The Hall–Kier alpha value is -1.58. The van der Waals surface area contributed by atoms with Gasteiger partial charge in [-0.05, 0) is 36.5 Å². The van der Waals surface area contributed by atoms with Gasteiger partial charge in [-0.1, -0.05) is 12.2 Å². The van der Waals surface area contributed by atoms with Gasteiger partial charge in [-0.25, -0.2) is 9.59 Å². The molecule has 4 atom stereocenters. The molecule has 0 aromatic heterocycles. The van der Waals surface area contributed by atoms with E-state index >= 15 is 0 Å². The maximum Gasteiger partial charge on any atom is 0.331 e. The second-order valence-corrected chi connectivity index (χ2v) is 4.88. The van der Waals surface area contributed by atoms with Crippen LogP contribution in [0.1, 0.15) is 12.8 Å². The van der Waals surface area contributed by atoms with Crippen molar-refractivity contribution < 1.29 is 19.8 Å². The van der Waals surface area contributed by atoms with E-state index in [0.717, 1.165) is 6.42 Å². The molecule has 2 N–H and O–H groups in total. The van der Waals surface area contributed by atoms with Crippen molar-refractivity contribution in [3.63, 3.8) is 0 Å². The Bertz CT molecular complexity index is 446. The fourth-order valence-electron chi connectivity index (χ4n) is 3.56.